The maximum absolute atomic E-state index is 14.2. The van der Waals surface area contributed by atoms with Gasteiger partial charge in [-0.15, -0.1) is 0 Å². The number of nitrogens with two attached hydrogens (primary N) is 1. The second-order valence-corrected chi connectivity index (χ2v) is 6.53. The van der Waals surface area contributed by atoms with E-state index in [1.54, 1.807) is 24.3 Å². The predicted molar refractivity (Wildman–Crippen MR) is 93.8 cm³/mol. The highest BCUT2D eigenvalue weighted by Crippen LogP contribution is 2.36. The molecule has 0 aliphatic heterocycles. The molecule has 0 radical (unpaired) electrons. The summed E-state index contributed by atoms with van der Waals surface area (Å²) < 4.78 is 14.2. The molecule has 126 valence electrons. The Hall–Kier alpha value is -2.36. The van der Waals surface area contributed by atoms with Crippen LogP contribution < -0.4 is 11.1 Å². The minimum Gasteiger partial charge on any atom is -0.399 e. The number of hydrogen-bond donors (Lipinski definition) is 2. The van der Waals surface area contributed by atoms with Crippen LogP contribution in [-0.4, -0.2) is 5.91 Å². The molecule has 1 aliphatic rings. The van der Waals surface area contributed by atoms with Crippen molar-refractivity contribution < 1.29 is 9.18 Å². The van der Waals surface area contributed by atoms with Crippen LogP contribution in [0.25, 0.3) is 0 Å². The van der Waals surface area contributed by atoms with Crippen LogP contribution in [0.1, 0.15) is 42.9 Å². The zero-order chi connectivity index (χ0) is 16.9. The molecule has 0 saturated heterocycles. The number of nitrogen functional groups attached to an aromatic ring is 1. The molecule has 4 heteroatoms. The lowest BCUT2D eigenvalue weighted by Crippen LogP contribution is -2.34. The summed E-state index contributed by atoms with van der Waals surface area (Å²) >= 11 is 0. The quantitative estimate of drug-likeness (QED) is 0.816. The van der Waals surface area contributed by atoms with Gasteiger partial charge >= 0.3 is 0 Å². The van der Waals surface area contributed by atoms with Crippen molar-refractivity contribution in [1.82, 2.24) is 5.32 Å². The largest absolute Gasteiger partial charge is 0.399 e. The Balaban J connectivity index is 1.75. The van der Waals surface area contributed by atoms with E-state index in [2.05, 4.69) is 5.32 Å². The molecule has 0 spiro atoms. The molecular weight excluding hydrogens is 303 g/mol. The molecule has 1 fully saturated rings. The van der Waals surface area contributed by atoms with Crippen molar-refractivity contribution in [3.05, 3.63) is 65.5 Å². The number of amides is 1. The van der Waals surface area contributed by atoms with Gasteiger partial charge in [0.05, 0.1) is 12.5 Å². The number of anilines is 1. The molecule has 1 aliphatic carbocycles. The fourth-order valence-corrected chi connectivity index (χ4v) is 3.51. The van der Waals surface area contributed by atoms with E-state index < -0.39 is 0 Å². The molecule has 1 atom stereocenters. The van der Waals surface area contributed by atoms with Crippen molar-refractivity contribution in [3.63, 3.8) is 0 Å². The molecule has 1 amide bonds. The molecule has 3 nitrogen and oxygen atoms in total. The first kappa shape index (κ1) is 16.5. The molecule has 0 aromatic heterocycles. The lowest BCUT2D eigenvalue weighted by atomic mass is 9.91. The van der Waals surface area contributed by atoms with Gasteiger partial charge in [0.2, 0.25) is 5.91 Å². The summed E-state index contributed by atoms with van der Waals surface area (Å²) in [4.78, 5) is 12.5. The maximum atomic E-state index is 14.2. The third-order valence-electron chi connectivity index (χ3n) is 4.77. The minimum atomic E-state index is -0.255. The van der Waals surface area contributed by atoms with Crippen LogP contribution in [0.4, 0.5) is 10.1 Å². The maximum Gasteiger partial charge on any atom is 0.224 e. The van der Waals surface area contributed by atoms with Gasteiger partial charge in [-0.2, -0.15) is 0 Å². The molecule has 2 aromatic carbocycles. The van der Waals surface area contributed by atoms with E-state index in [0.717, 1.165) is 31.2 Å². The van der Waals surface area contributed by atoms with Crippen LogP contribution in [0.3, 0.4) is 0 Å². The summed E-state index contributed by atoms with van der Waals surface area (Å²) in [5.74, 6) is -0.0284. The van der Waals surface area contributed by atoms with Gasteiger partial charge in [-0.3, -0.25) is 4.79 Å². The summed E-state index contributed by atoms with van der Waals surface area (Å²) in [6, 6.07) is 13.8. The van der Waals surface area contributed by atoms with Gasteiger partial charge in [0, 0.05) is 11.3 Å². The number of nitrogens with one attached hydrogen (secondary N) is 1. The van der Waals surface area contributed by atoms with Gasteiger partial charge in [-0.25, -0.2) is 4.39 Å². The van der Waals surface area contributed by atoms with Crippen LogP contribution in [0.15, 0.2) is 48.5 Å². The van der Waals surface area contributed by atoms with Crippen molar-refractivity contribution in [2.75, 3.05) is 5.73 Å². The van der Waals surface area contributed by atoms with Crippen LogP contribution in [0, 0.1) is 11.7 Å². The van der Waals surface area contributed by atoms with Crippen molar-refractivity contribution in [2.45, 2.75) is 38.1 Å². The van der Waals surface area contributed by atoms with Gasteiger partial charge in [-0.05, 0) is 42.5 Å². The summed E-state index contributed by atoms with van der Waals surface area (Å²) in [5.41, 5.74) is 7.84. The first-order valence-corrected chi connectivity index (χ1v) is 8.51. The standard InChI is InChI=1S/C20H23FN2O/c21-18-8-4-3-7-17(18)20(15-5-1-2-6-15)23-19(24)13-14-9-11-16(22)12-10-14/h3-4,7-12,15,20H,1-2,5-6,13,22H2,(H,23,24). The average Bonchev–Trinajstić information content (AvgIpc) is 3.10. The Morgan fingerprint density at radius 1 is 1.12 bits per heavy atom. The summed E-state index contributed by atoms with van der Waals surface area (Å²) in [7, 11) is 0. The predicted octanol–water partition coefficient (Wildman–Crippen LogP) is 4.00. The number of carbonyl (C=O) groups is 1. The fraction of sp³-hybridized carbons (Fsp3) is 0.350. The highest BCUT2D eigenvalue weighted by atomic mass is 19.1. The second-order valence-electron chi connectivity index (χ2n) is 6.53. The number of benzene rings is 2. The van der Waals surface area contributed by atoms with E-state index in [0.29, 0.717) is 17.2 Å². The van der Waals surface area contributed by atoms with Gasteiger partial charge in [0.1, 0.15) is 5.82 Å². The SMILES string of the molecule is Nc1ccc(CC(=O)NC(c2ccccc2F)C2CCCC2)cc1. The third-order valence-corrected chi connectivity index (χ3v) is 4.77. The number of halogens is 1. The van der Waals surface area contributed by atoms with Crippen molar-refractivity contribution in [1.29, 1.82) is 0 Å². The van der Waals surface area contributed by atoms with E-state index in [4.69, 9.17) is 5.73 Å². The molecule has 0 bridgehead atoms. The molecule has 3 rings (SSSR count). The zero-order valence-corrected chi connectivity index (χ0v) is 13.7. The first-order chi connectivity index (χ1) is 11.6. The van der Waals surface area contributed by atoms with Crippen LogP contribution in [0.5, 0.6) is 0 Å². The van der Waals surface area contributed by atoms with Crippen molar-refractivity contribution >= 4 is 11.6 Å². The van der Waals surface area contributed by atoms with E-state index in [9.17, 15) is 9.18 Å². The highest BCUT2D eigenvalue weighted by molar-refractivity contribution is 5.79. The lowest BCUT2D eigenvalue weighted by molar-refractivity contribution is -0.121. The van der Waals surface area contributed by atoms with Gasteiger partial charge in [0.15, 0.2) is 0 Å². The van der Waals surface area contributed by atoms with Crippen molar-refractivity contribution in [2.24, 2.45) is 5.92 Å². The van der Waals surface area contributed by atoms with Crippen LogP contribution in [0.2, 0.25) is 0 Å². The monoisotopic (exact) mass is 326 g/mol. The summed E-state index contributed by atoms with van der Waals surface area (Å²) in [5, 5.41) is 3.07. The van der Waals surface area contributed by atoms with E-state index >= 15 is 0 Å². The lowest BCUT2D eigenvalue weighted by Gasteiger charge is -2.25. The third kappa shape index (κ3) is 3.94. The van der Waals surface area contributed by atoms with E-state index in [1.165, 1.54) is 6.07 Å². The fourth-order valence-electron chi connectivity index (χ4n) is 3.51. The molecule has 1 unspecified atom stereocenters. The molecule has 0 heterocycles. The molecular formula is C20H23FN2O. The number of hydrogen-bond acceptors (Lipinski definition) is 2. The van der Waals surface area contributed by atoms with E-state index in [1.807, 2.05) is 18.2 Å². The van der Waals surface area contributed by atoms with Gasteiger partial charge < -0.3 is 11.1 Å². The zero-order valence-electron chi connectivity index (χ0n) is 13.7. The van der Waals surface area contributed by atoms with Gasteiger partial charge in [-0.1, -0.05) is 43.2 Å². The van der Waals surface area contributed by atoms with Crippen LogP contribution >= 0.6 is 0 Å². The highest BCUT2D eigenvalue weighted by Gasteiger charge is 2.29. The van der Waals surface area contributed by atoms with Gasteiger partial charge in [0.25, 0.3) is 0 Å². The molecule has 24 heavy (non-hydrogen) atoms. The van der Waals surface area contributed by atoms with Crippen molar-refractivity contribution in [3.8, 4) is 0 Å². The first-order valence-electron chi connectivity index (χ1n) is 8.51. The summed E-state index contributed by atoms with van der Waals surface area (Å²) in [6.07, 6.45) is 4.62. The Morgan fingerprint density at radius 3 is 2.46 bits per heavy atom. The topological polar surface area (TPSA) is 55.1 Å². The van der Waals surface area contributed by atoms with E-state index in [-0.39, 0.29) is 24.2 Å². The minimum absolute atomic E-state index is 0.0834. The van der Waals surface area contributed by atoms with Crippen LogP contribution in [-0.2, 0) is 11.2 Å². The normalized spacial score (nSPS) is 16.0. The summed E-state index contributed by atoms with van der Waals surface area (Å²) in [6.45, 7) is 0. The number of carbonyl (C=O) groups excluding carboxylic acids is 1. The smallest absolute Gasteiger partial charge is 0.224 e. The Kier molecular flexibility index (Phi) is 5.14. The molecule has 1 saturated carbocycles. The average molecular weight is 326 g/mol. The number of rotatable bonds is 5. The molecule has 2 aromatic rings. The molecule has 3 N–H and O–H groups in total. The Labute approximate surface area is 142 Å². The Morgan fingerprint density at radius 2 is 1.79 bits per heavy atom. The second kappa shape index (κ2) is 7.47. The Bertz CT molecular complexity index is 693.